The summed E-state index contributed by atoms with van der Waals surface area (Å²) in [5.41, 5.74) is 3.61. The molecule has 0 amide bonds. The summed E-state index contributed by atoms with van der Waals surface area (Å²) in [5, 5.41) is 4.39. The second-order valence-corrected chi connectivity index (χ2v) is 5.12. The smallest absolute Gasteiger partial charge is 0.129 e. The lowest BCUT2D eigenvalue weighted by Crippen LogP contribution is -2.10. The molecule has 3 heteroatoms. The molecule has 0 spiro atoms. The van der Waals surface area contributed by atoms with Gasteiger partial charge in [0.25, 0.3) is 0 Å². The molecule has 2 aromatic carbocycles. The minimum atomic E-state index is 0.594. The van der Waals surface area contributed by atoms with Crippen molar-refractivity contribution in [2.24, 2.45) is 0 Å². The number of hydrogen-bond donors (Lipinski definition) is 2. The average molecular weight is 280 g/mol. The van der Waals surface area contributed by atoms with Crippen molar-refractivity contribution in [3.63, 3.8) is 0 Å². The second kappa shape index (κ2) is 6.46. The van der Waals surface area contributed by atoms with Crippen LogP contribution in [0, 0.1) is 0 Å². The Labute approximate surface area is 125 Å². The van der Waals surface area contributed by atoms with Crippen molar-refractivity contribution in [1.29, 1.82) is 0 Å². The van der Waals surface area contributed by atoms with Crippen molar-refractivity contribution in [2.45, 2.75) is 13.0 Å². The first-order valence-corrected chi connectivity index (χ1v) is 7.29. The molecule has 0 aliphatic heterocycles. The predicted molar refractivity (Wildman–Crippen MR) is 86.7 cm³/mol. The van der Waals surface area contributed by atoms with Gasteiger partial charge in [0, 0.05) is 17.1 Å². The molecule has 21 heavy (non-hydrogen) atoms. The molecule has 0 saturated heterocycles. The minimum Gasteiger partial charge on any atom is -0.488 e. The SMILES string of the molecule is CNCCc1c[nH]c2cccc(OCc3ccccc3)c12. The van der Waals surface area contributed by atoms with Crippen molar-refractivity contribution in [3.8, 4) is 5.75 Å². The number of hydrogen-bond acceptors (Lipinski definition) is 2. The van der Waals surface area contributed by atoms with Gasteiger partial charge in [-0.05, 0) is 43.3 Å². The van der Waals surface area contributed by atoms with E-state index in [-0.39, 0.29) is 0 Å². The number of benzene rings is 2. The van der Waals surface area contributed by atoms with Gasteiger partial charge in [-0.15, -0.1) is 0 Å². The molecule has 108 valence electrons. The van der Waals surface area contributed by atoms with Gasteiger partial charge in [-0.2, -0.15) is 0 Å². The van der Waals surface area contributed by atoms with Crippen LogP contribution in [0.2, 0.25) is 0 Å². The van der Waals surface area contributed by atoms with Crippen LogP contribution in [0.15, 0.2) is 54.7 Å². The lowest BCUT2D eigenvalue weighted by atomic mass is 10.1. The molecule has 0 saturated carbocycles. The standard InChI is InChI=1S/C18H20N2O/c1-19-11-10-15-12-20-16-8-5-9-17(18(15)16)21-13-14-6-3-2-4-7-14/h2-9,12,19-20H,10-11,13H2,1H3. The van der Waals surface area contributed by atoms with E-state index in [0.29, 0.717) is 6.61 Å². The quantitative estimate of drug-likeness (QED) is 0.725. The fraction of sp³-hybridized carbons (Fsp3) is 0.222. The van der Waals surface area contributed by atoms with E-state index in [1.807, 2.05) is 37.4 Å². The van der Waals surface area contributed by atoms with Gasteiger partial charge in [0.1, 0.15) is 12.4 Å². The molecule has 0 unspecified atom stereocenters. The normalized spacial score (nSPS) is 10.9. The summed E-state index contributed by atoms with van der Waals surface area (Å²) in [6.45, 7) is 1.55. The summed E-state index contributed by atoms with van der Waals surface area (Å²) in [5.74, 6) is 0.948. The number of rotatable bonds is 6. The number of likely N-dealkylation sites (N-methyl/N-ethyl adjacent to an activating group) is 1. The third kappa shape index (κ3) is 3.09. The number of aromatic nitrogens is 1. The highest BCUT2D eigenvalue weighted by Gasteiger charge is 2.09. The van der Waals surface area contributed by atoms with E-state index in [9.17, 15) is 0 Å². The highest BCUT2D eigenvalue weighted by molar-refractivity contribution is 5.89. The van der Waals surface area contributed by atoms with Crippen molar-refractivity contribution in [1.82, 2.24) is 10.3 Å². The predicted octanol–water partition coefficient (Wildman–Crippen LogP) is 3.51. The van der Waals surface area contributed by atoms with Crippen LogP contribution in [0.5, 0.6) is 5.75 Å². The topological polar surface area (TPSA) is 37.0 Å². The van der Waals surface area contributed by atoms with E-state index in [0.717, 1.165) is 24.2 Å². The molecule has 0 atom stereocenters. The van der Waals surface area contributed by atoms with Gasteiger partial charge in [0.2, 0.25) is 0 Å². The maximum absolute atomic E-state index is 6.04. The van der Waals surface area contributed by atoms with E-state index >= 15 is 0 Å². The molecular formula is C18H20N2O. The van der Waals surface area contributed by atoms with E-state index < -0.39 is 0 Å². The highest BCUT2D eigenvalue weighted by atomic mass is 16.5. The Morgan fingerprint density at radius 2 is 1.90 bits per heavy atom. The monoisotopic (exact) mass is 280 g/mol. The molecule has 0 aliphatic carbocycles. The van der Waals surface area contributed by atoms with Gasteiger partial charge in [0.15, 0.2) is 0 Å². The first kappa shape index (κ1) is 13.7. The largest absolute Gasteiger partial charge is 0.488 e. The lowest BCUT2D eigenvalue weighted by Gasteiger charge is -2.09. The zero-order valence-corrected chi connectivity index (χ0v) is 12.2. The van der Waals surface area contributed by atoms with E-state index in [2.05, 4.69) is 34.7 Å². The summed E-state index contributed by atoms with van der Waals surface area (Å²) >= 11 is 0. The Balaban J connectivity index is 1.85. The van der Waals surface area contributed by atoms with Gasteiger partial charge < -0.3 is 15.0 Å². The summed E-state index contributed by atoms with van der Waals surface area (Å²) in [6.07, 6.45) is 3.07. The van der Waals surface area contributed by atoms with Crippen LogP contribution in [-0.4, -0.2) is 18.6 Å². The molecule has 3 rings (SSSR count). The molecule has 2 N–H and O–H groups in total. The molecule has 0 bridgehead atoms. The maximum Gasteiger partial charge on any atom is 0.129 e. The van der Waals surface area contributed by atoms with Crippen LogP contribution >= 0.6 is 0 Å². The second-order valence-electron chi connectivity index (χ2n) is 5.12. The summed E-state index contributed by atoms with van der Waals surface area (Å²) in [4.78, 5) is 3.33. The average Bonchev–Trinajstić information content (AvgIpc) is 2.96. The fourth-order valence-corrected chi connectivity index (χ4v) is 2.53. The fourth-order valence-electron chi connectivity index (χ4n) is 2.53. The van der Waals surface area contributed by atoms with Crippen molar-refractivity contribution in [3.05, 3.63) is 65.9 Å². The van der Waals surface area contributed by atoms with Crippen LogP contribution in [0.25, 0.3) is 10.9 Å². The molecule has 3 aromatic rings. The maximum atomic E-state index is 6.04. The molecule has 0 radical (unpaired) electrons. The number of fused-ring (bicyclic) bond motifs is 1. The van der Waals surface area contributed by atoms with Crippen LogP contribution < -0.4 is 10.1 Å². The van der Waals surface area contributed by atoms with Crippen LogP contribution in [0.3, 0.4) is 0 Å². The number of H-pyrrole nitrogens is 1. The Morgan fingerprint density at radius 1 is 1.05 bits per heavy atom. The summed E-state index contributed by atoms with van der Waals surface area (Å²) in [6, 6.07) is 16.4. The van der Waals surface area contributed by atoms with Crippen molar-refractivity contribution in [2.75, 3.05) is 13.6 Å². The first-order chi connectivity index (χ1) is 10.4. The zero-order chi connectivity index (χ0) is 14.5. The van der Waals surface area contributed by atoms with Gasteiger partial charge >= 0.3 is 0 Å². The Hall–Kier alpha value is -2.26. The van der Waals surface area contributed by atoms with E-state index in [4.69, 9.17) is 4.74 Å². The summed E-state index contributed by atoms with van der Waals surface area (Å²) < 4.78 is 6.04. The minimum absolute atomic E-state index is 0.594. The number of nitrogens with one attached hydrogen (secondary N) is 2. The molecule has 1 aromatic heterocycles. The summed E-state index contributed by atoms with van der Waals surface area (Å²) in [7, 11) is 1.97. The van der Waals surface area contributed by atoms with Crippen LogP contribution in [0.1, 0.15) is 11.1 Å². The molecule has 0 fully saturated rings. The number of aromatic amines is 1. The van der Waals surface area contributed by atoms with Gasteiger partial charge in [-0.3, -0.25) is 0 Å². The highest BCUT2D eigenvalue weighted by Crippen LogP contribution is 2.29. The van der Waals surface area contributed by atoms with Crippen molar-refractivity contribution >= 4 is 10.9 Å². The third-order valence-electron chi connectivity index (χ3n) is 3.63. The zero-order valence-electron chi connectivity index (χ0n) is 12.2. The Bertz CT molecular complexity index is 704. The molecule has 3 nitrogen and oxygen atoms in total. The number of ether oxygens (including phenoxy) is 1. The molecule has 0 aliphatic rings. The van der Waals surface area contributed by atoms with Crippen LogP contribution in [-0.2, 0) is 13.0 Å². The van der Waals surface area contributed by atoms with Crippen LogP contribution in [0.4, 0.5) is 0 Å². The lowest BCUT2D eigenvalue weighted by molar-refractivity contribution is 0.310. The van der Waals surface area contributed by atoms with E-state index in [1.54, 1.807) is 0 Å². The Kier molecular flexibility index (Phi) is 4.22. The van der Waals surface area contributed by atoms with Gasteiger partial charge in [0.05, 0.1) is 0 Å². The van der Waals surface area contributed by atoms with Crippen molar-refractivity contribution < 1.29 is 4.74 Å². The first-order valence-electron chi connectivity index (χ1n) is 7.29. The third-order valence-corrected chi connectivity index (χ3v) is 3.63. The van der Waals surface area contributed by atoms with Gasteiger partial charge in [-0.25, -0.2) is 0 Å². The molecule has 1 heterocycles. The van der Waals surface area contributed by atoms with Gasteiger partial charge in [-0.1, -0.05) is 36.4 Å². The Morgan fingerprint density at radius 3 is 2.71 bits per heavy atom. The van der Waals surface area contributed by atoms with E-state index in [1.165, 1.54) is 16.5 Å². The molecular weight excluding hydrogens is 260 g/mol.